The van der Waals surface area contributed by atoms with Crippen molar-refractivity contribution in [3.8, 4) is 17.0 Å². The van der Waals surface area contributed by atoms with E-state index in [0.29, 0.717) is 5.92 Å². The number of ether oxygens (including phenoxy) is 2. The Morgan fingerprint density at radius 3 is 2.92 bits per heavy atom. The summed E-state index contributed by atoms with van der Waals surface area (Å²) in [6, 6.07) is 8.05. The second-order valence-corrected chi connectivity index (χ2v) is 6.15. The Labute approximate surface area is 143 Å². The van der Waals surface area contributed by atoms with Crippen molar-refractivity contribution in [2.24, 2.45) is 0 Å². The molecule has 1 aliphatic heterocycles. The molecule has 1 aromatic carbocycles. The average Bonchev–Trinajstić information content (AvgIpc) is 2.66. The minimum atomic E-state index is 0.408. The van der Waals surface area contributed by atoms with E-state index in [1.165, 1.54) is 6.42 Å². The van der Waals surface area contributed by atoms with Crippen molar-refractivity contribution in [2.45, 2.75) is 18.8 Å². The molecular weight excluding hydrogens is 302 g/mol. The van der Waals surface area contributed by atoms with E-state index >= 15 is 0 Å². The van der Waals surface area contributed by atoms with Crippen LogP contribution in [0.15, 0.2) is 36.7 Å². The van der Waals surface area contributed by atoms with Crippen LogP contribution >= 0.6 is 0 Å². The van der Waals surface area contributed by atoms with Crippen LogP contribution in [-0.4, -0.2) is 55.3 Å². The van der Waals surface area contributed by atoms with Gasteiger partial charge in [0.15, 0.2) is 0 Å². The summed E-state index contributed by atoms with van der Waals surface area (Å²) in [5.74, 6) is 1.25. The molecule has 24 heavy (non-hydrogen) atoms. The van der Waals surface area contributed by atoms with Crippen LogP contribution in [0, 0.1) is 0 Å². The highest BCUT2D eigenvalue weighted by Gasteiger charge is 2.25. The summed E-state index contributed by atoms with van der Waals surface area (Å²) in [5.41, 5.74) is 3.12. The van der Waals surface area contributed by atoms with E-state index in [0.717, 1.165) is 55.4 Å². The Kier molecular flexibility index (Phi) is 5.77. The van der Waals surface area contributed by atoms with Crippen LogP contribution in [0.25, 0.3) is 11.3 Å². The number of rotatable bonds is 6. The van der Waals surface area contributed by atoms with Gasteiger partial charge in [0.1, 0.15) is 5.75 Å². The van der Waals surface area contributed by atoms with Crippen LogP contribution in [0.1, 0.15) is 24.5 Å². The van der Waals surface area contributed by atoms with Gasteiger partial charge in [-0.25, -0.2) is 0 Å². The molecule has 1 aromatic heterocycles. The molecule has 0 unspecified atom stereocenters. The number of nitrogens with zero attached hydrogens (tertiary/aromatic N) is 3. The van der Waals surface area contributed by atoms with Gasteiger partial charge < -0.3 is 14.4 Å². The van der Waals surface area contributed by atoms with Gasteiger partial charge in [0.05, 0.1) is 25.1 Å². The Morgan fingerprint density at radius 1 is 1.21 bits per heavy atom. The zero-order chi connectivity index (χ0) is 16.8. The van der Waals surface area contributed by atoms with Crippen LogP contribution in [0.4, 0.5) is 0 Å². The molecule has 0 spiro atoms. The molecule has 0 aliphatic carbocycles. The van der Waals surface area contributed by atoms with E-state index in [9.17, 15) is 0 Å². The molecule has 5 heteroatoms. The van der Waals surface area contributed by atoms with Crippen LogP contribution < -0.4 is 4.74 Å². The molecule has 1 atom stereocenters. The van der Waals surface area contributed by atoms with E-state index < -0.39 is 0 Å². The fourth-order valence-electron chi connectivity index (χ4n) is 3.34. The summed E-state index contributed by atoms with van der Waals surface area (Å²) in [5, 5.41) is 0. The lowest BCUT2D eigenvalue weighted by molar-refractivity contribution is 0.127. The fourth-order valence-corrected chi connectivity index (χ4v) is 3.34. The smallest absolute Gasteiger partial charge is 0.119 e. The average molecular weight is 327 g/mol. The van der Waals surface area contributed by atoms with Gasteiger partial charge in [-0.2, -0.15) is 0 Å². The maximum atomic E-state index is 5.35. The monoisotopic (exact) mass is 327 g/mol. The summed E-state index contributed by atoms with van der Waals surface area (Å²) >= 11 is 0. The van der Waals surface area contributed by atoms with E-state index in [-0.39, 0.29) is 0 Å². The number of hydrogen-bond acceptors (Lipinski definition) is 5. The van der Waals surface area contributed by atoms with Crippen LogP contribution in [0.2, 0.25) is 0 Å². The topological polar surface area (TPSA) is 47.5 Å². The maximum absolute atomic E-state index is 5.35. The normalized spacial score (nSPS) is 18.5. The lowest BCUT2D eigenvalue weighted by Crippen LogP contribution is -2.37. The quantitative estimate of drug-likeness (QED) is 0.816. The molecule has 0 radical (unpaired) electrons. The highest BCUT2D eigenvalue weighted by Crippen LogP contribution is 2.32. The third kappa shape index (κ3) is 3.91. The Bertz CT molecular complexity index is 663. The molecular formula is C19H25N3O2. The van der Waals surface area contributed by atoms with Gasteiger partial charge in [-0.3, -0.25) is 9.97 Å². The first-order valence-corrected chi connectivity index (χ1v) is 8.48. The van der Waals surface area contributed by atoms with Crippen LogP contribution in [0.5, 0.6) is 5.75 Å². The molecule has 1 aliphatic rings. The number of aromatic nitrogens is 2. The molecule has 2 heterocycles. The maximum Gasteiger partial charge on any atom is 0.119 e. The highest BCUT2D eigenvalue weighted by molar-refractivity contribution is 5.64. The van der Waals surface area contributed by atoms with Gasteiger partial charge >= 0.3 is 0 Å². The predicted molar refractivity (Wildman–Crippen MR) is 94.3 cm³/mol. The number of methoxy groups -OCH3 is 2. The summed E-state index contributed by atoms with van der Waals surface area (Å²) in [6.45, 7) is 3.89. The SMILES string of the molecule is COCCN1CCC[C@H](c2nccnc2-c2cccc(OC)c2)C1. The van der Waals surface area contributed by atoms with Crippen molar-refractivity contribution >= 4 is 0 Å². The number of piperidine rings is 1. The molecule has 0 amide bonds. The molecule has 0 bridgehead atoms. The van der Waals surface area contributed by atoms with E-state index in [1.54, 1.807) is 26.6 Å². The number of likely N-dealkylation sites (tertiary alicyclic amines) is 1. The van der Waals surface area contributed by atoms with Crippen molar-refractivity contribution in [3.63, 3.8) is 0 Å². The summed E-state index contributed by atoms with van der Waals surface area (Å²) in [6.07, 6.45) is 5.90. The van der Waals surface area contributed by atoms with Crippen molar-refractivity contribution in [1.29, 1.82) is 0 Å². The zero-order valence-electron chi connectivity index (χ0n) is 14.4. The van der Waals surface area contributed by atoms with Crippen molar-refractivity contribution in [3.05, 3.63) is 42.4 Å². The Morgan fingerprint density at radius 2 is 2.08 bits per heavy atom. The zero-order valence-corrected chi connectivity index (χ0v) is 14.4. The van der Waals surface area contributed by atoms with Gasteiger partial charge in [0.25, 0.3) is 0 Å². The minimum absolute atomic E-state index is 0.408. The molecule has 2 aromatic rings. The first-order chi connectivity index (χ1) is 11.8. The number of hydrogen-bond donors (Lipinski definition) is 0. The summed E-state index contributed by atoms with van der Waals surface area (Å²) in [4.78, 5) is 11.8. The molecule has 1 fully saturated rings. The van der Waals surface area contributed by atoms with Gasteiger partial charge in [0, 0.05) is 44.1 Å². The van der Waals surface area contributed by atoms with Crippen LogP contribution in [-0.2, 0) is 4.74 Å². The Hall–Kier alpha value is -1.98. The second-order valence-electron chi connectivity index (χ2n) is 6.15. The summed E-state index contributed by atoms with van der Waals surface area (Å²) < 4.78 is 10.6. The molecule has 5 nitrogen and oxygen atoms in total. The van der Waals surface area contributed by atoms with E-state index in [1.807, 2.05) is 18.2 Å². The summed E-state index contributed by atoms with van der Waals surface area (Å²) in [7, 11) is 3.44. The fraction of sp³-hybridized carbons (Fsp3) is 0.474. The third-order valence-corrected chi connectivity index (χ3v) is 4.57. The van der Waals surface area contributed by atoms with Crippen molar-refractivity contribution in [2.75, 3.05) is 40.5 Å². The highest BCUT2D eigenvalue weighted by atomic mass is 16.5. The standard InChI is InChI=1S/C19H25N3O2/c1-23-12-11-22-10-4-6-16(14-22)19-18(20-8-9-21-19)15-5-3-7-17(13-15)24-2/h3,5,7-9,13,16H,4,6,10-12,14H2,1-2H3/t16-/m0/s1. The molecule has 128 valence electrons. The van der Waals surface area contributed by atoms with Gasteiger partial charge in [0.2, 0.25) is 0 Å². The lowest BCUT2D eigenvalue weighted by Gasteiger charge is -2.32. The second kappa shape index (κ2) is 8.22. The largest absolute Gasteiger partial charge is 0.497 e. The minimum Gasteiger partial charge on any atom is -0.497 e. The molecule has 3 rings (SSSR count). The first kappa shape index (κ1) is 16.9. The first-order valence-electron chi connectivity index (χ1n) is 8.48. The lowest BCUT2D eigenvalue weighted by atomic mass is 9.91. The van der Waals surface area contributed by atoms with Crippen molar-refractivity contribution < 1.29 is 9.47 Å². The van der Waals surface area contributed by atoms with Gasteiger partial charge in [-0.05, 0) is 31.5 Å². The van der Waals surface area contributed by atoms with Crippen molar-refractivity contribution in [1.82, 2.24) is 14.9 Å². The third-order valence-electron chi connectivity index (χ3n) is 4.57. The Balaban J connectivity index is 1.86. The molecule has 1 saturated heterocycles. The molecule has 0 N–H and O–H groups in total. The van der Waals surface area contributed by atoms with Gasteiger partial charge in [-0.15, -0.1) is 0 Å². The molecule has 0 saturated carbocycles. The van der Waals surface area contributed by atoms with Gasteiger partial charge in [-0.1, -0.05) is 12.1 Å². The van der Waals surface area contributed by atoms with E-state index in [4.69, 9.17) is 9.47 Å². The predicted octanol–water partition coefficient (Wildman–Crippen LogP) is 2.98. The van der Waals surface area contributed by atoms with Crippen LogP contribution in [0.3, 0.4) is 0 Å². The number of benzene rings is 1. The van der Waals surface area contributed by atoms with E-state index in [2.05, 4.69) is 20.9 Å².